The zero-order valence-corrected chi connectivity index (χ0v) is 21.3. The average molecular weight is 465 g/mol. The first-order valence-electron chi connectivity index (χ1n) is 12.7. The van der Waals surface area contributed by atoms with Crippen LogP contribution in [0.2, 0.25) is 0 Å². The Labute approximate surface area is 205 Å². The number of morpholine rings is 1. The maximum absolute atomic E-state index is 13.7. The zero-order valence-electron chi connectivity index (χ0n) is 21.3. The largest absolute Gasteiger partial charge is 0.493 e. The van der Waals surface area contributed by atoms with E-state index in [0.29, 0.717) is 32.2 Å². The molecule has 2 aliphatic rings. The Morgan fingerprint density at radius 2 is 1.91 bits per heavy atom. The molecule has 0 spiro atoms. The molecule has 0 aromatic heterocycles. The quantitative estimate of drug-likeness (QED) is 0.577. The first-order valence-corrected chi connectivity index (χ1v) is 12.7. The third kappa shape index (κ3) is 6.19. The minimum atomic E-state index is -0.420. The fourth-order valence-electron chi connectivity index (χ4n) is 5.10. The average Bonchev–Trinajstić information content (AvgIpc) is 2.96. The summed E-state index contributed by atoms with van der Waals surface area (Å²) in [7, 11) is 0. The highest BCUT2D eigenvalue weighted by Crippen LogP contribution is 2.38. The van der Waals surface area contributed by atoms with Gasteiger partial charge in [0.05, 0.1) is 13.2 Å². The van der Waals surface area contributed by atoms with E-state index in [9.17, 15) is 4.79 Å². The summed E-state index contributed by atoms with van der Waals surface area (Å²) in [6, 6.07) is 16.9. The molecule has 2 aromatic rings. The Hall–Kier alpha value is -2.37. The molecule has 4 rings (SSSR count). The summed E-state index contributed by atoms with van der Waals surface area (Å²) < 4.78 is 12.0. The third-order valence-corrected chi connectivity index (χ3v) is 6.92. The maximum atomic E-state index is 13.7. The second-order valence-corrected chi connectivity index (χ2v) is 10.9. The molecule has 1 fully saturated rings. The first kappa shape index (κ1) is 24.7. The van der Waals surface area contributed by atoms with Gasteiger partial charge in [0.15, 0.2) is 0 Å². The SMILES string of the molecule is CC(C)CN(Cc1ccc2c(c1)C(C)(C)CCCO2)C(=O)C1CN(Cc2ccccc2)CCO1. The van der Waals surface area contributed by atoms with Crippen molar-refractivity contribution in [1.82, 2.24) is 9.80 Å². The van der Waals surface area contributed by atoms with Gasteiger partial charge in [0.25, 0.3) is 5.91 Å². The van der Waals surface area contributed by atoms with Crippen molar-refractivity contribution < 1.29 is 14.3 Å². The maximum Gasteiger partial charge on any atom is 0.253 e. The summed E-state index contributed by atoms with van der Waals surface area (Å²) in [5.41, 5.74) is 3.74. The smallest absolute Gasteiger partial charge is 0.253 e. The number of hydrogen-bond donors (Lipinski definition) is 0. The number of fused-ring (bicyclic) bond motifs is 1. The van der Waals surface area contributed by atoms with Crippen LogP contribution in [0.25, 0.3) is 0 Å². The standard InChI is InChI=1S/C29H40N2O3/c1-22(2)18-31(20-24-11-12-26-25(17-24)29(3,4)13-8-15-33-26)28(32)27-21-30(14-16-34-27)19-23-9-6-5-7-10-23/h5-7,9-12,17,22,27H,8,13-16,18-21H2,1-4H3. The van der Waals surface area contributed by atoms with Gasteiger partial charge >= 0.3 is 0 Å². The van der Waals surface area contributed by atoms with Gasteiger partial charge in [-0.25, -0.2) is 0 Å². The van der Waals surface area contributed by atoms with Crippen molar-refractivity contribution in [1.29, 1.82) is 0 Å². The number of carbonyl (C=O) groups excluding carboxylic acids is 1. The summed E-state index contributed by atoms with van der Waals surface area (Å²) >= 11 is 0. The zero-order chi connectivity index (χ0) is 24.1. The van der Waals surface area contributed by atoms with Gasteiger partial charge in [0.2, 0.25) is 0 Å². The molecule has 5 heteroatoms. The lowest BCUT2D eigenvalue weighted by Crippen LogP contribution is -2.51. The highest BCUT2D eigenvalue weighted by molar-refractivity contribution is 5.81. The van der Waals surface area contributed by atoms with Gasteiger partial charge in [0.1, 0.15) is 11.9 Å². The van der Waals surface area contributed by atoms with Crippen molar-refractivity contribution in [2.24, 2.45) is 5.92 Å². The van der Waals surface area contributed by atoms with Crippen LogP contribution < -0.4 is 4.74 Å². The van der Waals surface area contributed by atoms with E-state index >= 15 is 0 Å². The Morgan fingerprint density at radius 3 is 2.68 bits per heavy atom. The number of ether oxygens (including phenoxy) is 2. The van der Waals surface area contributed by atoms with E-state index in [4.69, 9.17) is 9.47 Å². The summed E-state index contributed by atoms with van der Waals surface area (Å²) in [5, 5.41) is 0. The van der Waals surface area contributed by atoms with Crippen LogP contribution in [0.15, 0.2) is 48.5 Å². The van der Waals surface area contributed by atoms with Gasteiger partial charge in [0, 0.05) is 38.3 Å². The molecule has 2 aromatic carbocycles. The predicted octanol–water partition coefficient (Wildman–Crippen LogP) is 5.02. The number of nitrogens with zero attached hydrogens (tertiary/aromatic N) is 2. The van der Waals surface area contributed by atoms with Gasteiger partial charge in [-0.1, -0.05) is 64.1 Å². The molecule has 1 saturated heterocycles. The number of carbonyl (C=O) groups is 1. The molecule has 2 heterocycles. The molecule has 2 aliphatic heterocycles. The van der Waals surface area contributed by atoms with E-state index in [1.807, 2.05) is 11.0 Å². The van der Waals surface area contributed by atoms with Crippen molar-refractivity contribution in [3.63, 3.8) is 0 Å². The van der Waals surface area contributed by atoms with Crippen molar-refractivity contribution in [2.45, 2.75) is 65.1 Å². The highest BCUT2D eigenvalue weighted by atomic mass is 16.5. The van der Waals surface area contributed by atoms with Crippen LogP contribution in [0.1, 0.15) is 57.2 Å². The van der Waals surface area contributed by atoms with Crippen molar-refractivity contribution in [3.05, 3.63) is 65.2 Å². The van der Waals surface area contributed by atoms with Crippen LogP contribution in [0.4, 0.5) is 0 Å². The van der Waals surface area contributed by atoms with Crippen molar-refractivity contribution in [2.75, 3.05) is 32.8 Å². The Kier molecular flexibility index (Phi) is 7.95. The van der Waals surface area contributed by atoms with Gasteiger partial charge in [-0.05, 0) is 47.4 Å². The second-order valence-electron chi connectivity index (χ2n) is 10.9. The molecular formula is C29H40N2O3. The van der Waals surface area contributed by atoms with Crippen molar-refractivity contribution in [3.8, 4) is 5.75 Å². The van der Waals surface area contributed by atoms with E-state index in [-0.39, 0.29) is 11.3 Å². The van der Waals surface area contributed by atoms with Crippen LogP contribution in [0.5, 0.6) is 5.75 Å². The van der Waals surface area contributed by atoms with Gasteiger partial charge in [-0.3, -0.25) is 9.69 Å². The molecule has 1 atom stereocenters. The molecule has 0 radical (unpaired) electrons. The normalized spacial score (nSPS) is 20.3. The van der Waals surface area contributed by atoms with Gasteiger partial charge < -0.3 is 14.4 Å². The number of amides is 1. The number of rotatable bonds is 7. The minimum Gasteiger partial charge on any atom is -0.493 e. The van der Waals surface area contributed by atoms with Crippen LogP contribution in [-0.2, 0) is 28.0 Å². The molecule has 0 N–H and O–H groups in total. The lowest BCUT2D eigenvalue weighted by molar-refractivity contribution is -0.151. The molecule has 1 unspecified atom stereocenters. The second kappa shape index (κ2) is 10.9. The summed E-state index contributed by atoms with van der Waals surface area (Å²) in [6.45, 7) is 13.9. The fourth-order valence-corrected chi connectivity index (χ4v) is 5.10. The molecule has 1 amide bonds. The van der Waals surface area contributed by atoms with Crippen LogP contribution in [-0.4, -0.2) is 54.7 Å². The van der Waals surface area contributed by atoms with Crippen LogP contribution in [0, 0.1) is 5.92 Å². The fraction of sp³-hybridized carbons (Fsp3) is 0.552. The molecule has 0 aliphatic carbocycles. The van der Waals surface area contributed by atoms with Gasteiger partial charge in [-0.15, -0.1) is 0 Å². The topological polar surface area (TPSA) is 42.0 Å². The summed E-state index contributed by atoms with van der Waals surface area (Å²) in [6.07, 6.45) is 1.75. The van der Waals surface area contributed by atoms with Gasteiger partial charge in [-0.2, -0.15) is 0 Å². The third-order valence-electron chi connectivity index (χ3n) is 6.92. The first-order chi connectivity index (χ1) is 16.3. The van der Waals surface area contributed by atoms with E-state index in [2.05, 4.69) is 75.1 Å². The van der Waals surface area contributed by atoms with Crippen LogP contribution in [0.3, 0.4) is 0 Å². The highest BCUT2D eigenvalue weighted by Gasteiger charge is 2.32. The van der Waals surface area contributed by atoms with E-state index in [1.54, 1.807) is 0 Å². The Bertz CT molecular complexity index is 957. The Morgan fingerprint density at radius 1 is 1.12 bits per heavy atom. The molecule has 184 valence electrons. The van der Waals surface area contributed by atoms with E-state index < -0.39 is 6.10 Å². The van der Waals surface area contributed by atoms with E-state index in [0.717, 1.165) is 43.9 Å². The molecule has 34 heavy (non-hydrogen) atoms. The summed E-state index contributed by atoms with van der Waals surface area (Å²) in [4.78, 5) is 18.0. The van der Waals surface area contributed by atoms with Crippen LogP contribution >= 0.6 is 0 Å². The lowest BCUT2D eigenvalue weighted by Gasteiger charge is -2.36. The van der Waals surface area contributed by atoms with Crippen molar-refractivity contribution >= 4 is 5.91 Å². The molecular weight excluding hydrogens is 424 g/mol. The Balaban J connectivity index is 1.48. The predicted molar refractivity (Wildman–Crippen MR) is 136 cm³/mol. The number of hydrogen-bond acceptors (Lipinski definition) is 4. The summed E-state index contributed by atoms with van der Waals surface area (Å²) in [5.74, 6) is 1.46. The lowest BCUT2D eigenvalue weighted by atomic mass is 9.80. The molecule has 0 saturated carbocycles. The van der Waals surface area contributed by atoms with E-state index in [1.165, 1.54) is 11.1 Å². The number of benzene rings is 2. The molecule has 0 bridgehead atoms. The molecule has 5 nitrogen and oxygen atoms in total. The monoisotopic (exact) mass is 464 g/mol. The minimum absolute atomic E-state index is 0.0686.